The minimum absolute atomic E-state index is 0.228. The van der Waals surface area contributed by atoms with Crippen molar-refractivity contribution in [3.05, 3.63) is 16.0 Å². The van der Waals surface area contributed by atoms with Gasteiger partial charge in [0, 0.05) is 4.88 Å². The summed E-state index contributed by atoms with van der Waals surface area (Å²) in [5, 5.41) is 3.31. The average Bonchev–Trinajstić information content (AvgIpc) is 2.83. The summed E-state index contributed by atoms with van der Waals surface area (Å²) in [5.41, 5.74) is 1.37. The highest BCUT2D eigenvalue weighted by Crippen LogP contribution is 2.34. The molecule has 0 bridgehead atoms. The fraction of sp³-hybridized carbons (Fsp3) is 0.600. The van der Waals surface area contributed by atoms with E-state index in [0.29, 0.717) is 36.8 Å². The molecule has 1 amide bonds. The van der Waals surface area contributed by atoms with Crippen LogP contribution in [0, 0.1) is 6.92 Å². The van der Waals surface area contributed by atoms with Crippen molar-refractivity contribution in [3.63, 3.8) is 0 Å². The first-order valence-corrected chi connectivity index (χ1v) is 8.19. The van der Waals surface area contributed by atoms with Crippen molar-refractivity contribution in [3.8, 4) is 0 Å². The molecule has 0 unspecified atom stereocenters. The Kier molecular flexibility index (Phi) is 5.93. The average molecular weight is 327 g/mol. The third-order valence-corrected chi connectivity index (χ3v) is 4.45. The van der Waals surface area contributed by atoms with E-state index in [1.165, 1.54) is 11.3 Å². The van der Waals surface area contributed by atoms with Gasteiger partial charge in [-0.25, -0.2) is 4.79 Å². The first-order valence-electron chi connectivity index (χ1n) is 7.38. The Morgan fingerprint density at radius 1 is 1.36 bits per heavy atom. The molecule has 122 valence electrons. The Labute approximate surface area is 133 Å². The van der Waals surface area contributed by atoms with Crippen LogP contribution in [0.3, 0.4) is 0 Å². The molecule has 0 radical (unpaired) electrons. The van der Waals surface area contributed by atoms with Gasteiger partial charge in [0.2, 0.25) is 0 Å². The molecule has 0 aromatic carbocycles. The number of rotatable bonds is 5. The number of hydrogen-bond donors (Lipinski definition) is 1. The van der Waals surface area contributed by atoms with E-state index in [1.54, 1.807) is 6.92 Å². The molecular formula is C15H21NO5S. The number of nitrogens with one attached hydrogen (secondary N) is 1. The standard InChI is InChI=1S/C15H21NO5S/c1-4-10-9(3)22-14(12(10)15(18)20-5-2)16-13(17)11-8-19-6-7-21-11/h11H,4-8H2,1-3H3,(H,16,17)/t11-/m1/s1. The lowest BCUT2D eigenvalue weighted by atomic mass is 10.1. The van der Waals surface area contributed by atoms with E-state index in [9.17, 15) is 9.59 Å². The molecule has 0 saturated carbocycles. The third kappa shape index (κ3) is 3.66. The lowest BCUT2D eigenvalue weighted by Crippen LogP contribution is -2.39. The summed E-state index contributed by atoms with van der Waals surface area (Å²) in [6, 6.07) is 0. The number of carbonyl (C=O) groups excluding carboxylic acids is 2. The van der Waals surface area contributed by atoms with Crippen molar-refractivity contribution in [2.24, 2.45) is 0 Å². The molecule has 1 saturated heterocycles. The maximum Gasteiger partial charge on any atom is 0.341 e. The molecule has 1 N–H and O–H groups in total. The third-order valence-electron chi connectivity index (χ3n) is 3.39. The zero-order chi connectivity index (χ0) is 16.1. The zero-order valence-corrected chi connectivity index (χ0v) is 13.9. The van der Waals surface area contributed by atoms with Gasteiger partial charge < -0.3 is 19.5 Å². The highest BCUT2D eigenvalue weighted by molar-refractivity contribution is 7.16. The Bertz CT molecular complexity index is 548. The predicted octanol–water partition coefficient (Wildman–Crippen LogP) is 2.15. The van der Waals surface area contributed by atoms with Crippen LogP contribution in [0.25, 0.3) is 0 Å². The van der Waals surface area contributed by atoms with Gasteiger partial charge in [-0.2, -0.15) is 0 Å². The first-order chi connectivity index (χ1) is 10.6. The van der Waals surface area contributed by atoms with Gasteiger partial charge in [0.15, 0.2) is 6.10 Å². The summed E-state index contributed by atoms with van der Waals surface area (Å²) < 4.78 is 15.7. The molecular weight excluding hydrogens is 306 g/mol. The van der Waals surface area contributed by atoms with Crippen LogP contribution in [0.2, 0.25) is 0 Å². The number of aryl methyl sites for hydroxylation is 1. The fourth-order valence-corrected chi connectivity index (χ4v) is 3.48. The van der Waals surface area contributed by atoms with Crippen LogP contribution >= 0.6 is 11.3 Å². The van der Waals surface area contributed by atoms with Crippen molar-refractivity contribution in [2.45, 2.75) is 33.3 Å². The van der Waals surface area contributed by atoms with Crippen LogP contribution < -0.4 is 5.32 Å². The number of carbonyl (C=O) groups is 2. The van der Waals surface area contributed by atoms with E-state index in [-0.39, 0.29) is 12.5 Å². The summed E-state index contributed by atoms with van der Waals surface area (Å²) in [6.45, 7) is 7.08. The van der Waals surface area contributed by atoms with E-state index in [0.717, 1.165) is 10.4 Å². The molecule has 2 heterocycles. The number of anilines is 1. The molecule has 1 aromatic rings. The zero-order valence-electron chi connectivity index (χ0n) is 13.1. The molecule has 1 atom stereocenters. The normalized spacial score (nSPS) is 18.0. The fourth-order valence-electron chi connectivity index (χ4n) is 2.34. The Morgan fingerprint density at radius 2 is 2.14 bits per heavy atom. The van der Waals surface area contributed by atoms with E-state index in [4.69, 9.17) is 14.2 Å². The topological polar surface area (TPSA) is 73.9 Å². The molecule has 1 aromatic heterocycles. The van der Waals surface area contributed by atoms with Gasteiger partial charge in [0.1, 0.15) is 5.00 Å². The van der Waals surface area contributed by atoms with Crippen molar-refractivity contribution < 1.29 is 23.8 Å². The molecule has 22 heavy (non-hydrogen) atoms. The van der Waals surface area contributed by atoms with Gasteiger partial charge in [-0.1, -0.05) is 6.92 Å². The van der Waals surface area contributed by atoms with Gasteiger partial charge in [0.05, 0.1) is 32.0 Å². The number of hydrogen-bond acceptors (Lipinski definition) is 6. The van der Waals surface area contributed by atoms with Crippen LogP contribution in [0.5, 0.6) is 0 Å². The minimum Gasteiger partial charge on any atom is -0.462 e. The SMILES string of the molecule is CCOC(=O)c1c(NC(=O)[C@H]2COCCO2)sc(C)c1CC. The van der Waals surface area contributed by atoms with Gasteiger partial charge in [-0.3, -0.25) is 4.79 Å². The van der Waals surface area contributed by atoms with Gasteiger partial charge >= 0.3 is 5.97 Å². The van der Waals surface area contributed by atoms with Crippen molar-refractivity contribution in [1.82, 2.24) is 0 Å². The number of amides is 1. The maximum absolute atomic E-state index is 12.2. The second-order valence-corrected chi connectivity index (χ2v) is 6.06. The number of ether oxygens (including phenoxy) is 3. The Balaban J connectivity index is 2.22. The van der Waals surface area contributed by atoms with Crippen LogP contribution in [-0.4, -0.2) is 44.4 Å². The second kappa shape index (κ2) is 7.71. The summed E-state index contributed by atoms with van der Waals surface area (Å²) in [5.74, 6) is -0.700. The highest BCUT2D eigenvalue weighted by atomic mass is 32.1. The van der Waals surface area contributed by atoms with E-state index in [1.807, 2.05) is 13.8 Å². The molecule has 7 heteroatoms. The smallest absolute Gasteiger partial charge is 0.341 e. The highest BCUT2D eigenvalue weighted by Gasteiger charge is 2.27. The predicted molar refractivity (Wildman–Crippen MR) is 83.6 cm³/mol. The molecule has 2 rings (SSSR count). The number of esters is 1. The lowest BCUT2D eigenvalue weighted by molar-refractivity contribution is -0.142. The molecule has 1 aliphatic heterocycles. The monoisotopic (exact) mass is 327 g/mol. The summed E-state index contributed by atoms with van der Waals surface area (Å²) >= 11 is 1.38. The van der Waals surface area contributed by atoms with Crippen LogP contribution in [0.15, 0.2) is 0 Å². The molecule has 6 nitrogen and oxygen atoms in total. The van der Waals surface area contributed by atoms with Crippen molar-refractivity contribution >= 4 is 28.2 Å². The Hall–Kier alpha value is -1.44. The first kappa shape index (κ1) is 16.9. The van der Waals surface area contributed by atoms with Crippen LogP contribution in [-0.2, 0) is 25.4 Å². The van der Waals surface area contributed by atoms with Crippen molar-refractivity contribution in [1.29, 1.82) is 0 Å². The van der Waals surface area contributed by atoms with Gasteiger partial charge in [0.25, 0.3) is 5.91 Å². The Morgan fingerprint density at radius 3 is 2.73 bits per heavy atom. The molecule has 1 aliphatic rings. The van der Waals surface area contributed by atoms with Crippen LogP contribution in [0.4, 0.5) is 5.00 Å². The summed E-state index contributed by atoms with van der Waals surface area (Å²) in [6.07, 6.45) is 0.0614. The molecule has 0 spiro atoms. The second-order valence-electron chi connectivity index (χ2n) is 4.84. The molecule has 0 aliphatic carbocycles. The quantitative estimate of drug-likeness (QED) is 0.839. The maximum atomic E-state index is 12.2. The van der Waals surface area contributed by atoms with Gasteiger partial charge in [-0.05, 0) is 25.8 Å². The lowest BCUT2D eigenvalue weighted by Gasteiger charge is -2.21. The number of thiophene rings is 1. The van der Waals surface area contributed by atoms with E-state index >= 15 is 0 Å². The van der Waals surface area contributed by atoms with E-state index in [2.05, 4.69) is 5.32 Å². The van der Waals surface area contributed by atoms with E-state index < -0.39 is 12.1 Å². The van der Waals surface area contributed by atoms with Gasteiger partial charge in [-0.15, -0.1) is 11.3 Å². The van der Waals surface area contributed by atoms with Crippen LogP contribution in [0.1, 0.15) is 34.6 Å². The minimum atomic E-state index is -0.642. The van der Waals surface area contributed by atoms with Crippen molar-refractivity contribution in [2.75, 3.05) is 31.7 Å². The summed E-state index contributed by atoms with van der Waals surface area (Å²) in [7, 11) is 0. The molecule has 1 fully saturated rings. The summed E-state index contributed by atoms with van der Waals surface area (Å²) in [4.78, 5) is 25.4. The largest absolute Gasteiger partial charge is 0.462 e.